The average Bonchev–Trinajstić information content (AvgIpc) is 3.28. The third-order valence-corrected chi connectivity index (χ3v) is 5.04. The summed E-state index contributed by atoms with van der Waals surface area (Å²) in [4.78, 5) is 16.6. The lowest BCUT2D eigenvalue weighted by molar-refractivity contribution is -0.677. The first-order valence-electron chi connectivity index (χ1n) is 8.13. The number of methoxy groups -OCH3 is 2. The van der Waals surface area contributed by atoms with E-state index < -0.39 is 5.63 Å². The Morgan fingerprint density at radius 2 is 1.89 bits per heavy atom. The van der Waals surface area contributed by atoms with Crippen molar-refractivity contribution in [1.29, 1.82) is 0 Å². The van der Waals surface area contributed by atoms with Crippen molar-refractivity contribution in [2.45, 2.75) is 6.54 Å². The van der Waals surface area contributed by atoms with Crippen molar-refractivity contribution < 1.29 is 18.7 Å². The Labute approximate surface area is 157 Å². The number of thiazole rings is 1. The summed E-state index contributed by atoms with van der Waals surface area (Å²) in [7, 11) is 3.23. The molecule has 0 saturated heterocycles. The van der Waals surface area contributed by atoms with Crippen LogP contribution in [0.5, 0.6) is 11.5 Å². The normalized spacial score (nSPS) is 10.9. The summed E-state index contributed by atoms with van der Waals surface area (Å²) >= 11 is 1.49. The highest BCUT2D eigenvalue weighted by atomic mass is 32.1. The number of aromatic nitrogens is 3. The van der Waals surface area contributed by atoms with Gasteiger partial charge < -0.3 is 14.8 Å². The van der Waals surface area contributed by atoms with Crippen molar-refractivity contribution in [3.63, 3.8) is 0 Å². The fourth-order valence-electron chi connectivity index (χ4n) is 2.65. The van der Waals surface area contributed by atoms with Gasteiger partial charge in [-0.05, 0) is 40.3 Å². The van der Waals surface area contributed by atoms with Gasteiger partial charge in [0.1, 0.15) is 18.0 Å². The molecule has 0 unspecified atom stereocenters. The molecule has 4 rings (SSSR count). The second-order valence-corrected chi connectivity index (χ2v) is 6.70. The molecular formula is C18H17N4O4S+. The van der Waals surface area contributed by atoms with Gasteiger partial charge in [0.25, 0.3) is 0 Å². The van der Waals surface area contributed by atoms with Gasteiger partial charge in [-0.1, -0.05) is 11.3 Å². The second-order valence-electron chi connectivity index (χ2n) is 5.67. The fourth-order valence-corrected chi connectivity index (χ4v) is 3.54. The van der Waals surface area contributed by atoms with Gasteiger partial charge in [0.2, 0.25) is 5.69 Å². The molecule has 2 aromatic heterocycles. The SMILES string of the molecule is COc1ccc(-[n+]2[nH]oc(=O)c2CNc2nc3ccc(OC)cc3s2)cc1. The molecule has 8 nitrogen and oxygen atoms in total. The smallest absolute Gasteiger partial charge is 0.432 e. The third-order valence-electron chi connectivity index (χ3n) is 4.07. The molecule has 27 heavy (non-hydrogen) atoms. The predicted molar refractivity (Wildman–Crippen MR) is 101 cm³/mol. The standard InChI is InChI=1S/C18H16N4O4S/c1-24-12-5-3-11(4-6-12)22-15(17(23)26-21-22)10-19-18-20-14-8-7-13(25-2)9-16(14)27-18/h3-9H,10H2,1-2H3,(H-,19,20,21,23)/p+1. The molecule has 0 fully saturated rings. The summed E-state index contributed by atoms with van der Waals surface area (Å²) in [6.07, 6.45) is 0. The van der Waals surface area contributed by atoms with Gasteiger partial charge >= 0.3 is 11.3 Å². The van der Waals surface area contributed by atoms with Crippen molar-refractivity contribution in [2.24, 2.45) is 0 Å². The third kappa shape index (κ3) is 3.36. The molecule has 4 aromatic rings. The molecule has 0 amide bonds. The Hall–Kier alpha value is -3.33. The summed E-state index contributed by atoms with van der Waals surface area (Å²) in [6, 6.07) is 13.0. The number of benzene rings is 2. The molecule has 0 radical (unpaired) electrons. The lowest BCUT2D eigenvalue weighted by Crippen LogP contribution is -2.39. The van der Waals surface area contributed by atoms with E-state index in [0.29, 0.717) is 10.8 Å². The van der Waals surface area contributed by atoms with E-state index in [9.17, 15) is 4.79 Å². The molecule has 0 saturated carbocycles. The highest BCUT2D eigenvalue weighted by Gasteiger charge is 2.23. The van der Waals surface area contributed by atoms with Crippen LogP contribution >= 0.6 is 11.3 Å². The van der Waals surface area contributed by atoms with Crippen molar-refractivity contribution in [1.82, 2.24) is 10.3 Å². The number of H-pyrrole nitrogens is 1. The van der Waals surface area contributed by atoms with E-state index in [4.69, 9.17) is 14.0 Å². The molecule has 2 N–H and O–H groups in total. The van der Waals surface area contributed by atoms with Crippen LogP contribution in [-0.2, 0) is 6.54 Å². The van der Waals surface area contributed by atoms with E-state index in [1.165, 1.54) is 11.3 Å². The number of aromatic amines is 1. The van der Waals surface area contributed by atoms with E-state index in [1.807, 2.05) is 42.5 Å². The lowest BCUT2D eigenvalue weighted by Gasteiger charge is -1.99. The zero-order valence-electron chi connectivity index (χ0n) is 14.7. The lowest BCUT2D eigenvalue weighted by atomic mass is 10.3. The zero-order chi connectivity index (χ0) is 18.8. The Kier molecular flexibility index (Phi) is 4.51. The van der Waals surface area contributed by atoms with E-state index in [1.54, 1.807) is 18.9 Å². The van der Waals surface area contributed by atoms with Crippen LogP contribution in [0, 0.1) is 0 Å². The summed E-state index contributed by atoms with van der Waals surface area (Å²) in [5.41, 5.74) is 1.61. The van der Waals surface area contributed by atoms with Crippen LogP contribution in [0.4, 0.5) is 5.13 Å². The molecule has 0 aliphatic heterocycles. The number of ether oxygens (including phenoxy) is 2. The van der Waals surface area contributed by atoms with Gasteiger partial charge in [-0.2, -0.15) is 0 Å². The molecule has 2 aromatic carbocycles. The first-order chi connectivity index (χ1) is 13.2. The Morgan fingerprint density at radius 1 is 1.15 bits per heavy atom. The van der Waals surface area contributed by atoms with E-state index >= 15 is 0 Å². The molecule has 2 heterocycles. The van der Waals surface area contributed by atoms with Crippen LogP contribution in [0.15, 0.2) is 51.8 Å². The van der Waals surface area contributed by atoms with Crippen LogP contribution in [0.2, 0.25) is 0 Å². The molecule has 0 aliphatic rings. The molecule has 0 aliphatic carbocycles. The van der Waals surface area contributed by atoms with Crippen LogP contribution in [0.25, 0.3) is 15.9 Å². The number of rotatable bonds is 6. The maximum absolute atomic E-state index is 12.1. The molecular weight excluding hydrogens is 368 g/mol. The highest BCUT2D eigenvalue weighted by Crippen LogP contribution is 2.29. The van der Waals surface area contributed by atoms with Crippen LogP contribution in [-0.4, -0.2) is 24.5 Å². The first kappa shape index (κ1) is 17.1. The van der Waals surface area contributed by atoms with E-state index in [-0.39, 0.29) is 6.54 Å². The molecule has 0 spiro atoms. The minimum absolute atomic E-state index is 0.259. The predicted octanol–water partition coefficient (Wildman–Crippen LogP) is 2.48. The van der Waals surface area contributed by atoms with Crippen molar-refractivity contribution >= 4 is 26.7 Å². The second kappa shape index (κ2) is 7.12. The number of hydrogen-bond acceptors (Lipinski definition) is 7. The summed E-state index contributed by atoms with van der Waals surface area (Å²) < 4.78 is 17.9. The van der Waals surface area contributed by atoms with Crippen LogP contribution in [0.3, 0.4) is 0 Å². The minimum atomic E-state index is -0.443. The molecule has 0 atom stereocenters. The summed E-state index contributed by atoms with van der Waals surface area (Å²) in [6.45, 7) is 0.259. The first-order valence-corrected chi connectivity index (χ1v) is 8.95. The average molecular weight is 385 g/mol. The van der Waals surface area contributed by atoms with Crippen molar-refractivity contribution in [3.8, 4) is 17.2 Å². The molecule has 0 bridgehead atoms. The Morgan fingerprint density at radius 3 is 2.63 bits per heavy atom. The fraction of sp³-hybridized carbons (Fsp3) is 0.167. The quantitative estimate of drug-likeness (QED) is 0.496. The van der Waals surface area contributed by atoms with Gasteiger partial charge in [-0.25, -0.2) is 9.78 Å². The van der Waals surface area contributed by atoms with Crippen LogP contribution in [0.1, 0.15) is 5.69 Å². The van der Waals surface area contributed by atoms with Gasteiger partial charge in [-0.15, -0.1) is 0 Å². The monoisotopic (exact) mass is 385 g/mol. The van der Waals surface area contributed by atoms with Gasteiger partial charge in [-0.3, -0.25) is 4.52 Å². The maximum atomic E-state index is 12.1. The van der Waals surface area contributed by atoms with Gasteiger partial charge in [0, 0.05) is 12.1 Å². The van der Waals surface area contributed by atoms with Gasteiger partial charge in [0.15, 0.2) is 5.13 Å². The topological polar surface area (TPSA) is 93.3 Å². The Balaban J connectivity index is 1.58. The van der Waals surface area contributed by atoms with Crippen molar-refractivity contribution in [3.05, 3.63) is 58.6 Å². The number of fused-ring (bicyclic) bond motifs is 1. The minimum Gasteiger partial charge on any atom is -0.497 e. The zero-order valence-corrected chi connectivity index (χ0v) is 15.5. The summed E-state index contributed by atoms with van der Waals surface area (Å²) in [5, 5.41) is 6.52. The number of anilines is 1. The highest BCUT2D eigenvalue weighted by molar-refractivity contribution is 7.22. The van der Waals surface area contributed by atoms with Gasteiger partial charge in [0.05, 0.1) is 24.4 Å². The molecule has 9 heteroatoms. The largest absolute Gasteiger partial charge is 0.497 e. The summed E-state index contributed by atoms with van der Waals surface area (Å²) in [5.74, 6) is 1.51. The number of nitrogens with one attached hydrogen (secondary N) is 2. The van der Waals surface area contributed by atoms with Crippen molar-refractivity contribution in [2.75, 3.05) is 19.5 Å². The molecule has 138 valence electrons. The maximum Gasteiger partial charge on any atom is 0.432 e. The number of hydrogen-bond donors (Lipinski definition) is 2. The Bertz CT molecular complexity index is 1130. The van der Waals surface area contributed by atoms with E-state index in [0.717, 1.165) is 27.4 Å². The van der Waals surface area contributed by atoms with E-state index in [2.05, 4.69) is 15.6 Å². The number of nitrogens with zero attached hydrogens (tertiary/aromatic N) is 2. The van der Waals surface area contributed by atoms with Crippen LogP contribution < -0.4 is 25.1 Å².